The molecule has 3 aromatic rings. The van der Waals surface area contributed by atoms with E-state index in [0.717, 1.165) is 25.9 Å². The van der Waals surface area contributed by atoms with E-state index < -0.39 is 9.85 Å². The Labute approximate surface area is 187 Å². The maximum Gasteiger partial charge on any atom is 0.270 e. The van der Waals surface area contributed by atoms with Crippen molar-refractivity contribution < 1.29 is 9.85 Å². The predicted octanol–water partition coefficient (Wildman–Crippen LogP) is 3.48. The number of rotatable bonds is 8. The number of anilines is 4. The van der Waals surface area contributed by atoms with E-state index in [4.69, 9.17) is 0 Å². The summed E-state index contributed by atoms with van der Waals surface area (Å²) in [5.41, 5.74) is 3.79. The molecule has 0 bridgehead atoms. The molecule has 1 aromatic heterocycles. The molecule has 13 heteroatoms. The number of benzene rings is 2. The number of nitrogens with zero attached hydrogens (tertiary/aromatic N) is 7. The van der Waals surface area contributed by atoms with Gasteiger partial charge in [0.1, 0.15) is 0 Å². The van der Waals surface area contributed by atoms with Crippen molar-refractivity contribution in [1.82, 2.24) is 15.0 Å². The lowest BCUT2D eigenvalue weighted by molar-refractivity contribution is -0.385. The largest absolute Gasteiger partial charge is 0.341 e. The van der Waals surface area contributed by atoms with E-state index in [0.29, 0.717) is 17.2 Å². The molecule has 2 aromatic carbocycles. The summed E-state index contributed by atoms with van der Waals surface area (Å²) >= 11 is 0. The fourth-order valence-corrected chi connectivity index (χ4v) is 3.21. The lowest BCUT2D eigenvalue weighted by atomic mass is 10.2. The molecule has 13 nitrogen and oxygen atoms in total. The molecular formula is C20H19N9O4. The number of non-ortho nitro benzene ring substituents is 2. The number of hydrazone groups is 1. The van der Waals surface area contributed by atoms with Crippen molar-refractivity contribution >= 4 is 41.1 Å². The average Bonchev–Trinajstić information content (AvgIpc) is 3.35. The highest BCUT2D eigenvalue weighted by molar-refractivity contribution is 5.81. The second-order valence-electron chi connectivity index (χ2n) is 7.13. The average molecular weight is 449 g/mol. The van der Waals surface area contributed by atoms with Crippen molar-refractivity contribution in [3.05, 3.63) is 74.3 Å². The van der Waals surface area contributed by atoms with Crippen LogP contribution in [-0.4, -0.2) is 44.1 Å². The molecule has 1 saturated heterocycles. The van der Waals surface area contributed by atoms with Gasteiger partial charge in [0, 0.05) is 48.6 Å². The second kappa shape index (κ2) is 9.64. The van der Waals surface area contributed by atoms with Crippen LogP contribution in [0.4, 0.5) is 34.9 Å². The molecule has 0 spiro atoms. The zero-order chi connectivity index (χ0) is 23.2. The van der Waals surface area contributed by atoms with E-state index in [9.17, 15) is 20.2 Å². The highest BCUT2D eigenvalue weighted by Crippen LogP contribution is 2.22. The minimum atomic E-state index is -0.477. The Balaban J connectivity index is 1.55. The van der Waals surface area contributed by atoms with Crippen LogP contribution in [0.1, 0.15) is 18.4 Å². The summed E-state index contributed by atoms with van der Waals surface area (Å²) in [5, 5.41) is 28.9. The highest BCUT2D eigenvalue weighted by atomic mass is 16.6. The molecule has 4 rings (SSSR count). The Kier molecular flexibility index (Phi) is 6.29. The third kappa shape index (κ3) is 5.52. The molecule has 0 unspecified atom stereocenters. The van der Waals surface area contributed by atoms with Gasteiger partial charge in [0.05, 0.1) is 16.1 Å². The van der Waals surface area contributed by atoms with Crippen molar-refractivity contribution in [2.24, 2.45) is 5.10 Å². The van der Waals surface area contributed by atoms with Crippen LogP contribution in [0.3, 0.4) is 0 Å². The van der Waals surface area contributed by atoms with Crippen LogP contribution < -0.4 is 15.6 Å². The Hall–Kier alpha value is -4.68. The van der Waals surface area contributed by atoms with Gasteiger partial charge >= 0.3 is 0 Å². The minimum absolute atomic E-state index is 0.0215. The molecular weight excluding hydrogens is 430 g/mol. The van der Waals surface area contributed by atoms with Crippen LogP contribution in [0, 0.1) is 20.2 Å². The van der Waals surface area contributed by atoms with Crippen LogP contribution in [0.2, 0.25) is 0 Å². The van der Waals surface area contributed by atoms with Crippen molar-refractivity contribution in [1.29, 1.82) is 0 Å². The number of nitro benzene ring substituents is 2. The predicted molar refractivity (Wildman–Crippen MR) is 122 cm³/mol. The van der Waals surface area contributed by atoms with Crippen molar-refractivity contribution in [3.8, 4) is 0 Å². The molecule has 168 valence electrons. The first-order valence-corrected chi connectivity index (χ1v) is 10.0. The van der Waals surface area contributed by atoms with Gasteiger partial charge < -0.3 is 10.2 Å². The molecule has 1 aliphatic heterocycles. The van der Waals surface area contributed by atoms with Crippen molar-refractivity contribution in [2.45, 2.75) is 12.8 Å². The van der Waals surface area contributed by atoms with Gasteiger partial charge in [-0.25, -0.2) is 5.43 Å². The smallest absolute Gasteiger partial charge is 0.270 e. The Bertz CT molecular complexity index is 1190. The molecule has 0 atom stereocenters. The Morgan fingerprint density at radius 3 is 2.30 bits per heavy atom. The van der Waals surface area contributed by atoms with Gasteiger partial charge in [0.15, 0.2) is 0 Å². The molecule has 0 aliphatic carbocycles. The van der Waals surface area contributed by atoms with Crippen LogP contribution in [0.5, 0.6) is 0 Å². The third-order valence-electron chi connectivity index (χ3n) is 4.81. The number of nitrogens with one attached hydrogen (secondary N) is 2. The zero-order valence-electron chi connectivity index (χ0n) is 17.3. The summed E-state index contributed by atoms with van der Waals surface area (Å²) < 4.78 is 0. The van der Waals surface area contributed by atoms with E-state index in [1.165, 1.54) is 30.5 Å². The fourth-order valence-electron chi connectivity index (χ4n) is 3.21. The number of hydrogen-bond acceptors (Lipinski definition) is 11. The summed E-state index contributed by atoms with van der Waals surface area (Å²) in [6, 6.07) is 11.9. The SMILES string of the molecule is O=[N+]([O-])c1ccc(Nc2nc(N/N=C\c3cccc([N+](=O)[O-])c3)nc(N3CCCC3)n2)cc1. The Morgan fingerprint density at radius 1 is 0.909 bits per heavy atom. The van der Waals surface area contributed by atoms with Crippen LogP contribution >= 0.6 is 0 Å². The van der Waals surface area contributed by atoms with E-state index in [-0.39, 0.29) is 23.3 Å². The standard InChI is InChI=1S/C20H19N9O4/c30-28(31)16-8-6-15(7-9-16)22-18-23-19(25-20(24-18)27-10-1-2-11-27)26-21-13-14-4-3-5-17(12-14)29(32)33/h3-9,12-13H,1-2,10-11H2,(H2,22,23,24,25,26)/b21-13-. The second-order valence-corrected chi connectivity index (χ2v) is 7.13. The minimum Gasteiger partial charge on any atom is -0.341 e. The van der Waals surface area contributed by atoms with Crippen LogP contribution in [0.25, 0.3) is 0 Å². The number of hydrogen-bond donors (Lipinski definition) is 2. The lowest BCUT2D eigenvalue weighted by Gasteiger charge is -2.16. The van der Waals surface area contributed by atoms with E-state index >= 15 is 0 Å². The fraction of sp³-hybridized carbons (Fsp3) is 0.200. The summed E-state index contributed by atoms with van der Waals surface area (Å²) in [5.74, 6) is 0.895. The summed E-state index contributed by atoms with van der Waals surface area (Å²) in [6.07, 6.45) is 3.49. The Morgan fingerprint density at radius 2 is 1.61 bits per heavy atom. The van der Waals surface area contributed by atoms with Gasteiger partial charge in [-0.3, -0.25) is 20.2 Å². The van der Waals surface area contributed by atoms with Crippen molar-refractivity contribution in [2.75, 3.05) is 28.7 Å². The zero-order valence-corrected chi connectivity index (χ0v) is 17.3. The van der Waals surface area contributed by atoms with Gasteiger partial charge in [0.25, 0.3) is 11.4 Å². The van der Waals surface area contributed by atoms with Gasteiger partial charge in [-0.05, 0) is 25.0 Å². The molecule has 0 saturated carbocycles. The topological polar surface area (TPSA) is 165 Å². The quantitative estimate of drug-likeness (QED) is 0.295. The van der Waals surface area contributed by atoms with Gasteiger partial charge in [-0.1, -0.05) is 12.1 Å². The maximum absolute atomic E-state index is 10.9. The monoisotopic (exact) mass is 449 g/mol. The lowest BCUT2D eigenvalue weighted by Crippen LogP contribution is -2.21. The third-order valence-corrected chi connectivity index (χ3v) is 4.81. The first-order valence-electron chi connectivity index (χ1n) is 10.0. The molecule has 0 amide bonds. The van der Waals surface area contributed by atoms with Gasteiger partial charge in [-0.15, -0.1) is 0 Å². The van der Waals surface area contributed by atoms with Crippen molar-refractivity contribution in [3.63, 3.8) is 0 Å². The van der Waals surface area contributed by atoms with E-state index in [2.05, 4.69) is 30.8 Å². The molecule has 2 heterocycles. The first kappa shape index (κ1) is 21.5. The first-order chi connectivity index (χ1) is 16.0. The summed E-state index contributed by atoms with van der Waals surface area (Å²) in [4.78, 5) is 36.0. The van der Waals surface area contributed by atoms with E-state index in [1.54, 1.807) is 24.3 Å². The molecule has 0 radical (unpaired) electrons. The molecule has 1 fully saturated rings. The number of aromatic nitrogens is 3. The summed E-state index contributed by atoms with van der Waals surface area (Å²) in [6.45, 7) is 1.63. The van der Waals surface area contributed by atoms with Gasteiger partial charge in [-0.2, -0.15) is 20.1 Å². The molecule has 33 heavy (non-hydrogen) atoms. The number of nitro groups is 2. The van der Waals surface area contributed by atoms with Crippen LogP contribution in [0.15, 0.2) is 53.6 Å². The normalized spacial score (nSPS) is 13.3. The molecule has 2 N–H and O–H groups in total. The maximum atomic E-state index is 10.9. The highest BCUT2D eigenvalue weighted by Gasteiger charge is 2.18. The molecule has 1 aliphatic rings. The summed E-state index contributed by atoms with van der Waals surface area (Å²) in [7, 11) is 0. The van der Waals surface area contributed by atoms with Gasteiger partial charge in [0.2, 0.25) is 17.8 Å². The van der Waals surface area contributed by atoms with Crippen LogP contribution in [-0.2, 0) is 0 Å². The van der Waals surface area contributed by atoms with E-state index in [1.807, 2.05) is 4.90 Å².